The van der Waals surface area contributed by atoms with Crippen LogP contribution in [0.2, 0.25) is 10.0 Å². The molecule has 2 N–H and O–H groups in total. The van der Waals surface area contributed by atoms with Gasteiger partial charge in [0.05, 0.1) is 0 Å². The number of hydrogen-bond donors (Lipinski definition) is 2. The maximum atomic E-state index is 14.8. The molecule has 1 fully saturated rings. The van der Waals surface area contributed by atoms with Gasteiger partial charge in [-0.05, 0) is 54.9 Å². The molecule has 10 heteroatoms. The van der Waals surface area contributed by atoms with Gasteiger partial charge in [0, 0.05) is 65.9 Å². The van der Waals surface area contributed by atoms with Crippen LogP contribution in [-0.2, 0) is 29.1 Å². The number of carbonyl (C=O) groups is 2. The molecule has 0 aliphatic carbocycles. The third-order valence-corrected chi connectivity index (χ3v) is 7.42. The molecule has 2 amide bonds. The van der Waals surface area contributed by atoms with Crippen molar-refractivity contribution >= 4 is 46.2 Å². The van der Waals surface area contributed by atoms with Gasteiger partial charge in [0.25, 0.3) is 5.91 Å². The van der Waals surface area contributed by atoms with Crippen LogP contribution in [0.25, 0.3) is 0 Å². The summed E-state index contributed by atoms with van der Waals surface area (Å²) < 4.78 is 27.1. The zero-order chi connectivity index (χ0) is 24.1. The second kappa shape index (κ2) is 11.5. The second-order valence-corrected chi connectivity index (χ2v) is 10.5. The van der Waals surface area contributed by atoms with Gasteiger partial charge in [-0.15, -0.1) is 0 Å². The quantitative estimate of drug-likeness (QED) is 0.524. The van der Waals surface area contributed by atoms with E-state index < -0.39 is 22.9 Å². The number of nitrogens with one attached hydrogen (secondary N) is 2. The highest BCUT2D eigenvalue weighted by Crippen LogP contribution is 2.26. The molecular weight excluding hydrogens is 488 g/mol. The summed E-state index contributed by atoms with van der Waals surface area (Å²) in [5, 5.41) is 6.23. The number of benzene rings is 2. The standard InChI is InChI=1S/C23H26Cl2FN3O3S/c1-3-33(32)22-5-4-17(24)8-16(22)11-27-23(31)15-9-20(25)19(21(26)10-15)13-29-7-6-18(12-29)28-14(2)30/h4-5,8-10,18H,3,6-7,11-13H2,1-2H3,(H,27,31)(H,28,30)/t18-,33?/m1/s1. The monoisotopic (exact) mass is 513 g/mol. The van der Waals surface area contributed by atoms with Gasteiger partial charge >= 0.3 is 0 Å². The molecule has 1 saturated heterocycles. The van der Waals surface area contributed by atoms with Crippen molar-refractivity contribution in [3.63, 3.8) is 0 Å². The minimum absolute atomic E-state index is 0.0350. The summed E-state index contributed by atoms with van der Waals surface area (Å²) in [6, 6.07) is 7.64. The van der Waals surface area contributed by atoms with Gasteiger partial charge in [0.1, 0.15) is 11.6 Å². The predicted octanol–water partition coefficient (Wildman–Crippen LogP) is 3.90. The fraction of sp³-hybridized carbons (Fsp3) is 0.391. The Balaban J connectivity index is 1.67. The van der Waals surface area contributed by atoms with E-state index in [1.165, 1.54) is 19.1 Å². The summed E-state index contributed by atoms with van der Waals surface area (Å²) in [5.41, 5.74) is 1.05. The zero-order valence-electron chi connectivity index (χ0n) is 18.4. The first-order valence-electron chi connectivity index (χ1n) is 10.6. The van der Waals surface area contributed by atoms with Crippen LogP contribution >= 0.6 is 23.2 Å². The molecule has 33 heavy (non-hydrogen) atoms. The molecule has 1 unspecified atom stereocenters. The normalized spacial score (nSPS) is 17.1. The predicted molar refractivity (Wildman–Crippen MR) is 128 cm³/mol. The van der Waals surface area contributed by atoms with Crippen LogP contribution in [-0.4, -0.2) is 46.2 Å². The molecule has 0 radical (unpaired) electrons. The zero-order valence-corrected chi connectivity index (χ0v) is 20.7. The van der Waals surface area contributed by atoms with Gasteiger partial charge in [-0.1, -0.05) is 23.2 Å². The highest BCUT2D eigenvalue weighted by molar-refractivity contribution is 7.91. The lowest BCUT2D eigenvalue weighted by Crippen LogP contribution is -2.35. The van der Waals surface area contributed by atoms with Crippen LogP contribution in [0, 0.1) is 5.82 Å². The largest absolute Gasteiger partial charge is 0.611 e. The average molecular weight is 514 g/mol. The molecular formula is C23H26Cl2FN3O3S. The summed E-state index contributed by atoms with van der Waals surface area (Å²) in [5.74, 6) is -0.714. The highest BCUT2D eigenvalue weighted by Gasteiger charge is 2.25. The van der Waals surface area contributed by atoms with Crippen LogP contribution in [0.5, 0.6) is 0 Å². The lowest BCUT2D eigenvalue weighted by atomic mass is 10.1. The maximum Gasteiger partial charge on any atom is 0.251 e. The van der Waals surface area contributed by atoms with Crippen molar-refractivity contribution in [3.8, 4) is 0 Å². The van der Waals surface area contributed by atoms with Crippen molar-refractivity contribution in [1.29, 1.82) is 0 Å². The first-order chi connectivity index (χ1) is 15.7. The molecule has 178 valence electrons. The van der Waals surface area contributed by atoms with E-state index in [9.17, 15) is 18.5 Å². The Bertz CT molecular complexity index is 1020. The SMILES string of the molecule is CC[S+]([O-])c1ccc(Cl)cc1CNC(=O)c1cc(F)c(CN2CC[C@@H](NC(C)=O)C2)c(Cl)c1. The summed E-state index contributed by atoms with van der Waals surface area (Å²) in [6.07, 6.45) is 0.785. The van der Waals surface area contributed by atoms with E-state index in [1.807, 2.05) is 11.8 Å². The van der Waals surface area contributed by atoms with Crippen molar-refractivity contribution in [2.75, 3.05) is 18.8 Å². The molecule has 1 heterocycles. The van der Waals surface area contributed by atoms with Gasteiger partial charge < -0.3 is 15.2 Å². The molecule has 0 saturated carbocycles. The number of carbonyl (C=O) groups excluding carboxylic acids is 2. The Morgan fingerprint density at radius 3 is 2.70 bits per heavy atom. The van der Waals surface area contributed by atoms with Crippen LogP contribution in [0.15, 0.2) is 35.2 Å². The van der Waals surface area contributed by atoms with Crippen LogP contribution in [0.3, 0.4) is 0 Å². The molecule has 3 rings (SSSR count). The van der Waals surface area contributed by atoms with Crippen LogP contribution in [0.4, 0.5) is 4.39 Å². The third-order valence-electron chi connectivity index (χ3n) is 5.43. The number of rotatable bonds is 8. The van der Waals surface area contributed by atoms with Gasteiger partial charge in [-0.2, -0.15) is 0 Å². The van der Waals surface area contributed by atoms with Gasteiger partial charge in [0.2, 0.25) is 5.91 Å². The van der Waals surface area contributed by atoms with Gasteiger partial charge in [-0.3, -0.25) is 14.5 Å². The van der Waals surface area contributed by atoms with E-state index in [4.69, 9.17) is 23.2 Å². The van der Waals surface area contributed by atoms with Crippen molar-refractivity contribution in [1.82, 2.24) is 15.5 Å². The Morgan fingerprint density at radius 2 is 2.03 bits per heavy atom. The molecule has 0 aromatic heterocycles. The molecule has 0 bridgehead atoms. The molecule has 2 atom stereocenters. The fourth-order valence-electron chi connectivity index (χ4n) is 3.83. The third kappa shape index (κ3) is 6.83. The molecule has 0 spiro atoms. The lowest BCUT2D eigenvalue weighted by Gasteiger charge is -2.18. The van der Waals surface area contributed by atoms with Crippen LogP contribution < -0.4 is 10.6 Å². The first kappa shape index (κ1) is 25.8. The number of likely N-dealkylation sites (tertiary alicyclic amines) is 1. The number of hydrogen-bond acceptors (Lipinski definition) is 4. The second-order valence-electron chi connectivity index (χ2n) is 7.91. The average Bonchev–Trinajstić information content (AvgIpc) is 3.20. The summed E-state index contributed by atoms with van der Waals surface area (Å²) in [4.78, 5) is 26.5. The fourth-order valence-corrected chi connectivity index (χ4v) is 5.25. The van der Waals surface area contributed by atoms with Crippen LogP contribution in [0.1, 0.15) is 41.8 Å². The van der Waals surface area contributed by atoms with E-state index in [2.05, 4.69) is 10.6 Å². The number of amides is 2. The van der Waals surface area contributed by atoms with Gasteiger partial charge in [0.15, 0.2) is 4.90 Å². The van der Waals surface area contributed by atoms with E-state index in [1.54, 1.807) is 18.2 Å². The number of nitrogens with zero attached hydrogens (tertiary/aromatic N) is 1. The highest BCUT2D eigenvalue weighted by atomic mass is 35.5. The lowest BCUT2D eigenvalue weighted by molar-refractivity contribution is -0.119. The number of halogens is 3. The van der Waals surface area contributed by atoms with E-state index in [0.717, 1.165) is 6.42 Å². The maximum absolute atomic E-state index is 14.8. The Labute approximate surface area is 206 Å². The van der Waals surface area contributed by atoms with Crippen molar-refractivity contribution < 1.29 is 18.5 Å². The Morgan fingerprint density at radius 1 is 1.27 bits per heavy atom. The Kier molecular flexibility index (Phi) is 9.01. The van der Waals surface area contributed by atoms with Gasteiger partial charge in [-0.25, -0.2) is 4.39 Å². The van der Waals surface area contributed by atoms with Crippen molar-refractivity contribution in [2.24, 2.45) is 0 Å². The minimum Gasteiger partial charge on any atom is -0.611 e. The molecule has 2 aromatic rings. The summed E-state index contributed by atoms with van der Waals surface area (Å²) in [6.45, 7) is 4.99. The smallest absolute Gasteiger partial charge is 0.251 e. The van der Waals surface area contributed by atoms with Crippen molar-refractivity contribution in [2.45, 2.75) is 44.3 Å². The molecule has 6 nitrogen and oxygen atoms in total. The van der Waals surface area contributed by atoms with E-state index in [0.29, 0.717) is 39.9 Å². The molecule has 1 aliphatic heterocycles. The summed E-state index contributed by atoms with van der Waals surface area (Å²) >= 11 is 11.2. The topological polar surface area (TPSA) is 84.5 Å². The molecule has 1 aliphatic rings. The first-order valence-corrected chi connectivity index (χ1v) is 12.7. The van der Waals surface area contributed by atoms with E-state index >= 15 is 0 Å². The van der Waals surface area contributed by atoms with Crippen molar-refractivity contribution in [3.05, 3.63) is 62.9 Å². The summed E-state index contributed by atoms with van der Waals surface area (Å²) in [7, 11) is 0. The van der Waals surface area contributed by atoms with E-state index in [-0.39, 0.29) is 35.6 Å². The minimum atomic E-state index is -1.21. The molecule has 2 aromatic carbocycles. The Hall–Kier alpha value is -1.84.